The Balaban J connectivity index is 1.81. The molecule has 0 amide bonds. The third kappa shape index (κ3) is 5.81. The van der Waals surface area contributed by atoms with Crippen molar-refractivity contribution in [2.75, 3.05) is 32.5 Å². The topological polar surface area (TPSA) is 28.2 Å². The zero-order chi connectivity index (χ0) is 19.1. The fraction of sp³-hybridized carbons (Fsp3) is 0.261. The Morgan fingerprint density at radius 1 is 1.00 bits per heavy atom. The summed E-state index contributed by atoms with van der Waals surface area (Å²) in [4.78, 5) is 6.98. The molecule has 0 atom stereocenters. The van der Waals surface area contributed by atoms with Crippen LogP contribution >= 0.6 is 11.6 Å². The van der Waals surface area contributed by atoms with Crippen molar-refractivity contribution < 1.29 is 0 Å². The number of hydrogen-bond acceptors (Lipinski definition) is 3. The minimum absolute atomic E-state index is 0.729. The zero-order valence-corrected chi connectivity index (χ0v) is 16.7. The fourth-order valence-corrected chi connectivity index (χ4v) is 3.14. The molecule has 4 heteroatoms. The first-order valence-electron chi connectivity index (χ1n) is 9.34. The second-order valence-electron chi connectivity index (χ2n) is 6.94. The number of unbranched alkanes of at least 4 members (excludes halogenated alkanes) is 1. The van der Waals surface area contributed by atoms with Gasteiger partial charge in [0.05, 0.1) is 11.2 Å². The Bertz CT molecular complexity index is 904. The van der Waals surface area contributed by atoms with Gasteiger partial charge in [0.2, 0.25) is 0 Å². The van der Waals surface area contributed by atoms with Gasteiger partial charge in [-0.2, -0.15) is 0 Å². The van der Waals surface area contributed by atoms with Gasteiger partial charge in [0, 0.05) is 22.6 Å². The highest BCUT2D eigenvalue weighted by Crippen LogP contribution is 2.27. The molecule has 27 heavy (non-hydrogen) atoms. The Morgan fingerprint density at radius 2 is 1.81 bits per heavy atom. The van der Waals surface area contributed by atoms with Crippen molar-refractivity contribution in [2.45, 2.75) is 12.8 Å². The maximum atomic E-state index is 6.22. The third-order valence-corrected chi connectivity index (χ3v) is 4.62. The molecule has 1 heterocycles. The van der Waals surface area contributed by atoms with Gasteiger partial charge in [-0.15, -0.1) is 0 Å². The lowest BCUT2D eigenvalue weighted by Gasteiger charge is -2.12. The van der Waals surface area contributed by atoms with E-state index >= 15 is 0 Å². The Labute approximate surface area is 166 Å². The average Bonchev–Trinajstić information content (AvgIpc) is 2.67. The number of nitrogens with zero attached hydrogens (tertiary/aromatic N) is 2. The minimum Gasteiger partial charge on any atom is -0.384 e. The van der Waals surface area contributed by atoms with Crippen molar-refractivity contribution in [1.29, 1.82) is 0 Å². The van der Waals surface area contributed by atoms with Crippen molar-refractivity contribution in [1.82, 2.24) is 9.88 Å². The molecule has 0 radical (unpaired) electrons. The van der Waals surface area contributed by atoms with E-state index in [4.69, 9.17) is 16.6 Å². The van der Waals surface area contributed by atoms with Crippen molar-refractivity contribution in [3.05, 3.63) is 70.9 Å². The van der Waals surface area contributed by atoms with E-state index in [0.29, 0.717) is 0 Å². The first kappa shape index (κ1) is 19.4. The Morgan fingerprint density at radius 3 is 2.59 bits per heavy atom. The van der Waals surface area contributed by atoms with E-state index in [1.807, 2.05) is 36.4 Å². The smallest absolute Gasteiger partial charge is 0.0731 e. The lowest BCUT2D eigenvalue weighted by Crippen LogP contribution is -2.14. The molecule has 3 aromatic rings. The summed E-state index contributed by atoms with van der Waals surface area (Å²) in [7, 11) is 4.22. The van der Waals surface area contributed by atoms with Crippen LogP contribution in [0, 0.1) is 0 Å². The number of benzene rings is 2. The second-order valence-corrected chi connectivity index (χ2v) is 7.37. The van der Waals surface area contributed by atoms with Crippen LogP contribution in [-0.4, -0.2) is 37.1 Å². The summed E-state index contributed by atoms with van der Waals surface area (Å²) in [5.74, 6) is 0. The lowest BCUT2D eigenvalue weighted by atomic mass is 10.1. The van der Waals surface area contributed by atoms with Gasteiger partial charge in [0.1, 0.15) is 0 Å². The molecule has 0 bridgehead atoms. The van der Waals surface area contributed by atoms with E-state index in [1.54, 1.807) is 0 Å². The van der Waals surface area contributed by atoms with Gasteiger partial charge in [-0.3, -0.25) is 0 Å². The fourth-order valence-electron chi connectivity index (χ4n) is 2.97. The molecule has 3 nitrogen and oxygen atoms in total. The molecular weight excluding hydrogens is 354 g/mol. The van der Waals surface area contributed by atoms with Crippen molar-refractivity contribution in [3.8, 4) is 0 Å². The van der Waals surface area contributed by atoms with E-state index in [0.717, 1.165) is 52.4 Å². The number of halogens is 1. The SMILES string of the molecule is CN(C)CCCCNc1cc(/C=C/c2ccccc2)nc2ccc(Cl)cc12. The van der Waals surface area contributed by atoms with E-state index in [2.05, 4.69) is 54.7 Å². The van der Waals surface area contributed by atoms with Crippen LogP contribution in [0.3, 0.4) is 0 Å². The molecule has 1 aromatic heterocycles. The lowest BCUT2D eigenvalue weighted by molar-refractivity contribution is 0.396. The first-order valence-corrected chi connectivity index (χ1v) is 9.72. The predicted molar refractivity (Wildman–Crippen MR) is 118 cm³/mol. The molecule has 0 saturated carbocycles. The van der Waals surface area contributed by atoms with Crippen LogP contribution in [0.15, 0.2) is 54.6 Å². The average molecular weight is 380 g/mol. The zero-order valence-electron chi connectivity index (χ0n) is 16.0. The Hall–Kier alpha value is -2.36. The highest BCUT2D eigenvalue weighted by molar-refractivity contribution is 6.31. The molecule has 0 saturated heterocycles. The number of anilines is 1. The number of aromatic nitrogens is 1. The number of fused-ring (bicyclic) bond motifs is 1. The molecular formula is C23H26ClN3. The third-order valence-electron chi connectivity index (χ3n) is 4.38. The summed E-state index contributed by atoms with van der Waals surface area (Å²) >= 11 is 6.22. The highest BCUT2D eigenvalue weighted by atomic mass is 35.5. The monoisotopic (exact) mass is 379 g/mol. The van der Waals surface area contributed by atoms with E-state index in [9.17, 15) is 0 Å². The van der Waals surface area contributed by atoms with Crippen molar-refractivity contribution in [3.63, 3.8) is 0 Å². The number of rotatable bonds is 8. The molecule has 1 N–H and O–H groups in total. The summed E-state index contributed by atoms with van der Waals surface area (Å²) in [6.07, 6.45) is 6.44. The van der Waals surface area contributed by atoms with Gasteiger partial charge >= 0.3 is 0 Å². The minimum atomic E-state index is 0.729. The van der Waals surface area contributed by atoms with Crippen LogP contribution in [0.25, 0.3) is 23.1 Å². The number of pyridine rings is 1. The molecule has 0 fully saturated rings. The summed E-state index contributed by atoms with van der Waals surface area (Å²) in [5.41, 5.74) is 4.13. The van der Waals surface area contributed by atoms with Crippen LogP contribution in [-0.2, 0) is 0 Å². The van der Waals surface area contributed by atoms with Gasteiger partial charge in [-0.25, -0.2) is 4.98 Å². The Kier molecular flexibility index (Phi) is 6.86. The van der Waals surface area contributed by atoms with E-state index in [-0.39, 0.29) is 0 Å². The van der Waals surface area contributed by atoms with Gasteiger partial charge in [-0.05, 0) is 69.4 Å². The van der Waals surface area contributed by atoms with Crippen LogP contribution < -0.4 is 5.32 Å². The van der Waals surface area contributed by atoms with Crippen LogP contribution in [0.1, 0.15) is 24.1 Å². The summed E-state index contributed by atoms with van der Waals surface area (Å²) in [5, 5.41) is 5.37. The molecule has 0 aliphatic heterocycles. The second kappa shape index (κ2) is 9.54. The summed E-state index contributed by atoms with van der Waals surface area (Å²) < 4.78 is 0. The predicted octanol–water partition coefficient (Wildman–Crippen LogP) is 5.81. The molecule has 3 rings (SSSR count). The van der Waals surface area contributed by atoms with Crippen LogP contribution in [0.2, 0.25) is 5.02 Å². The highest BCUT2D eigenvalue weighted by Gasteiger charge is 2.06. The van der Waals surface area contributed by atoms with Gasteiger partial charge < -0.3 is 10.2 Å². The maximum Gasteiger partial charge on any atom is 0.0731 e. The molecule has 0 aliphatic rings. The van der Waals surface area contributed by atoms with Gasteiger partial charge in [-0.1, -0.05) is 48.0 Å². The molecule has 0 spiro atoms. The standard InChI is InChI=1S/C23H26ClN3/c1-27(2)15-7-6-14-25-23-17-20(12-10-18-8-4-3-5-9-18)26-22-13-11-19(24)16-21(22)23/h3-5,8-13,16-17H,6-7,14-15H2,1-2H3,(H,25,26)/b12-10+. The summed E-state index contributed by atoms with van der Waals surface area (Å²) in [6, 6.07) is 18.2. The molecule has 140 valence electrons. The molecule has 2 aromatic carbocycles. The van der Waals surface area contributed by atoms with Crippen molar-refractivity contribution >= 4 is 40.3 Å². The maximum absolute atomic E-state index is 6.22. The van der Waals surface area contributed by atoms with E-state index in [1.165, 1.54) is 6.42 Å². The van der Waals surface area contributed by atoms with Crippen molar-refractivity contribution in [2.24, 2.45) is 0 Å². The largest absolute Gasteiger partial charge is 0.384 e. The molecule has 0 aliphatic carbocycles. The van der Waals surface area contributed by atoms with Crippen LogP contribution in [0.4, 0.5) is 5.69 Å². The summed E-state index contributed by atoms with van der Waals surface area (Å²) in [6.45, 7) is 2.04. The van der Waals surface area contributed by atoms with Gasteiger partial charge in [0.15, 0.2) is 0 Å². The van der Waals surface area contributed by atoms with Gasteiger partial charge in [0.25, 0.3) is 0 Å². The number of hydrogen-bond donors (Lipinski definition) is 1. The normalized spacial score (nSPS) is 11.6. The quantitative estimate of drug-likeness (QED) is 0.500. The van der Waals surface area contributed by atoms with Crippen LogP contribution in [0.5, 0.6) is 0 Å². The first-order chi connectivity index (χ1) is 13.1. The van der Waals surface area contributed by atoms with E-state index < -0.39 is 0 Å². The molecule has 0 unspecified atom stereocenters. The number of nitrogens with one attached hydrogen (secondary N) is 1.